The fraction of sp³-hybridized carbons (Fsp3) is 0.143. The van der Waals surface area contributed by atoms with Crippen molar-refractivity contribution in [3.63, 3.8) is 0 Å². The number of esters is 1. The number of hydrogen-bond donors (Lipinski definition) is 1. The molecule has 1 aromatic carbocycles. The molecule has 102 valence electrons. The van der Waals surface area contributed by atoms with E-state index in [4.69, 9.17) is 16.9 Å². The molecule has 0 fully saturated rings. The Balaban J connectivity index is 2.10. The number of thiophene rings is 1. The molecular weight excluding hydrogens is 296 g/mol. The lowest BCUT2D eigenvalue weighted by Gasteiger charge is -2.08. The molecule has 0 aliphatic carbocycles. The highest BCUT2D eigenvalue weighted by atomic mass is 35.5. The molecule has 6 heteroatoms. The van der Waals surface area contributed by atoms with Gasteiger partial charge in [0.05, 0.1) is 17.7 Å². The standard InChI is InChI=1S/C14H11ClN2O2S/c1-19-14(18)12-6-9(2-5-13(12)15)17-8-11-4-3-10(7-16)20-11/h2-6,17H,8H2,1H3. The summed E-state index contributed by atoms with van der Waals surface area (Å²) in [6.07, 6.45) is 0. The van der Waals surface area contributed by atoms with E-state index < -0.39 is 5.97 Å². The Kier molecular flexibility index (Phi) is 4.61. The van der Waals surface area contributed by atoms with Crippen LogP contribution in [0.15, 0.2) is 30.3 Å². The molecule has 1 aromatic heterocycles. The maximum atomic E-state index is 11.5. The fourth-order valence-electron chi connectivity index (χ4n) is 1.62. The molecule has 0 aliphatic rings. The van der Waals surface area contributed by atoms with Crippen LogP contribution in [0.5, 0.6) is 0 Å². The molecule has 20 heavy (non-hydrogen) atoms. The van der Waals surface area contributed by atoms with Gasteiger partial charge in [-0.3, -0.25) is 0 Å². The summed E-state index contributed by atoms with van der Waals surface area (Å²) in [5.74, 6) is -0.471. The Hall–Kier alpha value is -2.03. The average molecular weight is 307 g/mol. The van der Waals surface area contributed by atoms with Crippen LogP contribution in [0.1, 0.15) is 20.1 Å². The van der Waals surface area contributed by atoms with E-state index >= 15 is 0 Å². The second-order valence-electron chi connectivity index (χ2n) is 3.92. The Morgan fingerprint density at radius 2 is 2.25 bits per heavy atom. The molecule has 2 aromatic rings. The van der Waals surface area contributed by atoms with E-state index in [1.54, 1.807) is 24.3 Å². The highest BCUT2D eigenvalue weighted by molar-refractivity contribution is 7.12. The van der Waals surface area contributed by atoms with E-state index in [1.165, 1.54) is 18.4 Å². The van der Waals surface area contributed by atoms with Crippen LogP contribution >= 0.6 is 22.9 Å². The zero-order chi connectivity index (χ0) is 14.5. The number of ether oxygens (including phenoxy) is 1. The number of rotatable bonds is 4. The maximum Gasteiger partial charge on any atom is 0.339 e. The third kappa shape index (κ3) is 3.29. The van der Waals surface area contributed by atoms with Gasteiger partial charge in [-0.15, -0.1) is 11.3 Å². The van der Waals surface area contributed by atoms with Gasteiger partial charge in [-0.25, -0.2) is 4.79 Å². The van der Waals surface area contributed by atoms with Crippen LogP contribution in [0, 0.1) is 11.3 Å². The molecule has 0 saturated heterocycles. The van der Waals surface area contributed by atoms with E-state index in [0.29, 0.717) is 22.0 Å². The van der Waals surface area contributed by atoms with Gasteiger partial charge in [0.15, 0.2) is 0 Å². The fourth-order valence-corrected chi connectivity index (χ4v) is 2.56. The Labute approximate surface area is 125 Å². The summed E-state index contributed by atoms with van der Waals surface area (Å²) in [6, 6.07) is 10.8. The Morgan fingerprint density at radius 3 is 2.90 bits per heavy atom. The lowest BCUT2D eigenvalue weighted by Crippen LogP contribution is -2.04. The maximum absolute atomic E-state index is 11.5. The van der Waals surface area contributed by atoms with Crippen molar-refractivity contribution in [2.75, 3.05) is 12.4 Å². The number of nitrogens with one attached hydrogen (secondary N) is 1. The molecule has 1 heterocycles. The number of methoxy groups -OCH3 is 1. The zero-order valence-corrected chi connectivity index (χ0v) is 12.2. The Bertz CT molecular complexity index is 676. The third-order valence-electron chi connectivity index (χ3n) is 2.61. The largest absolute Gasteiger partial charge is 0.465 e. The van der Waals surface area contributed by atoms with Gasteiger partial charge in [-0.1, -0.05) is 11.6 Å². The molecule has 0 aliphatic heterocycles. The summed E-state index contributed by atoms with van der Waals surface area (Å²) in [5, 5.41) is 12.3. The molecular formula is C14H11ClN2O2S. The van der Waals surface area contributed by atoms with Crippen molar-refractivity contribution in [2.24, 2.45) is 0 Å². The third-order valence-corrected chi connectivity index (χ3v) is 3.93. The second kappa shape index (κ2) is 6.42. The molecule has 1 N–H and O–H groups in total. The first kappa shape index (κ1) is 14.4. The first-order chi connectivity index (χ1) is 9.63. The lowest BCUT2D eigenvalue weighted by atomic mass is 10.2. The zero-order valence-electron chi connectivity index (χ0n) is 10.6. The summed E-state index contributed by atoms with van der Waals surface area (Å²) < 4.78 is 4.67. The number of carbonyl (C=O) groups excluding carboxylic acids is 1. The molecule has 0 unspecified atom stereocenters. The number of anilines is 1. The van der Waals surface area contributed by atoms with Crippen molar-refractivity contribution in [1.82, 2.24) is 0 Å². The molecule has 4 nitrogen and oxygen atoms in total. The lowest BCUT2D eigenvalue weighted by molar-refractivity contribution is 0.0601. The minimum absolute atomic E-state index is 0.322. The van der Waals surface area contributed by atoms with E-state index in [1.807, 2.05) is 6.07 Å². The molecule has 0 spiro atoms. The number of halogens is 1. The first-order valence-electron chi connectivity index (χ1n) is 5.74. The van der Waals surface area contributed by atoms with E-state index in [0.717, 1.165) is 10.6 Å². The predicted octanol–water partition coefficient (Wildman–Crippen LogP) is 3.67. The molecule has 2 rings (SSSR count). The molecule has 0 saturated carbocycles. The summed E-state index contributed by atoms with van der Waals surface area (Å²) >= 11 is 7.38. The quantitative estimate of drug-likeness (QED) is 0.875. The van der Waals surface area contributed by atoms with Gasteiger partial charge in [-0.05, 0) is 30.3 Å². The average Bonchev–Trinajstić information content (AvgIpc) is 2.93. The highest BCUT2D eigenvalue weighted by Gasteiger charge is 2.11. The van der Waals surface area contributed by atoms with Gasteiger partial charge in [-0.2, -0.15) is 5.26 Å². The summed E-state index contributed by atoms with van der Waals surface area (Å²) in [6.45, 7) is 0.578. The van der Waals surface area contributed by atoms with Crippen LogP contribution < -0.4 is 5.32 Å². The number of nitrogens with zero attached hydrogens (tertiary/aromatic N) is 1. The number of benzene rings is 1. The van der Waals surface area contributed by atoms with Crippen molar-refractivity contribution >= 4 is 34.6 Å². The number of hydrogen-bond acceptors (Lipinski definition) is 5. The summed E-state index contributed by atoms with van der Waals surface area (Å²) in [5.41, 5.74) is 1.09. The Morgan fingerprint density at radius 1 is 1.45 bits per heavy atom. The second-order valence-corrected chi connectivity index (χ2v) is 5.49. The summed E-state index contributed by atoms with van der Waals surface area (Å²) in [7, 11) is 1.31. The monoisotopic (exact) mass is 306 g/mol. The minimum atomic E-state index is -0.471. The predicted molar refractivity (Wildman–Crippen MR) is 79.2 cm³/mol. The van der Waals surface area contributed by atoms with Gasteiger partial charge < -0.3 is 10.1 Å². The first-order valence-corrected chi connectivity index (χ1v) is 6.94. The number of nitriles is 1. The SMILES string of the molecule is COC(=O)c1cc(NCc2ccc(C#N)s2)ccc1Cl. The molecule has 0 atom stereocenters. The van der Waals surface area contributed by atoms with Gasteiger partial charge in [0.25, 0.3) is 0 Å². The van der Waals surface area contributed by atoms with Crippen molar-refractivity contribution in [2.45, 2.75) is 6.54 Å². The van der Waals surface area contributed by atoms with Crippen LogP contribution in [0.4, 0.5) is 5.69 Å². The van der Waals surface area contributed by atoms with Crippen molar-refractivity contribution < 1.29 is 9.53 Å². The van der Waals surface area contributed by atoms with E-state index in [-0.39, 0.29) is 0 Å². The summed E-state index contributed by atoms with van der Waals surface area (Å²) in [4.78, 5) is 13.2. The normalized spacial score (nSPS) is 9.85. The smallest absolute Gasteiger partial charge is 0.339 e. The highest BCUT2D eigenvalue weighted by Crippen LogP contribution is 2.23. The van der Waals surface area contributed by atoms with Gasteiger partial charge >= 0.3 is 5.97 Å². The van der Waals surface area contributed by atoms with Crippen molar-refractivity contribution in [1.29, 1.82) is 5.26 Å². The van der Waals surface area contributed by atoms with Gasteiger partial charge in [0, 0.05) is 17.1 Å². The van der Waals surface area contributed by atoms with Crippen LogP contribution in [-0.4, -0.2) is 13.1 Å². The van der Waals surface area contributed by atoms with E-state index in [9.17, 15) is 4.79 Å². The molecule has 0 radical (unpaired) electrons. The van der Waals surface area contributed by atoms with Crippen molar-refractivity contribution in [3.05, 3.63) is 50.7 Å². The van der Waals surface area contributed by atoms with E-state index in [2.05, 4.69) is 16.1 Å². The van der Waals surface area contributed by atoms with Crippen LogP contribution in [-0.2, 0) is 11.3 Å². The van der Waals surface area contributed by atoms with Crippen LogP contribution in [0.3, 0.4) is 0 Å². The van der Waals surface area contributed by atoms with Gasteiger partial charge in [0.2, 0.25) is 0 Å². The molecule has 0 bridgehead atoms. The number of carbonyl (C=O) groups is 1. The minimum Gasteiger partial charge on any atom is -0.465 e. The molecule has 0 amide bonds. The van der Waals surface area contributed by atoms with Gasteiger partial charge in [0.1, 0.15) is 10.9 Å². The van der Waals surface area contributed by atoms with Crippen molar-refractivity contribution in [3.8, 4) is 6.07 Å². The topological polar surface area (TPSA) is 62.1 Å². The van der Waals surface area contributed by atoms with Crippen LogP contribution in [0.2, 0.25) is 5.02 Å². The van der Waals surface area contributed by atoms with Crippen LogP contribution in [0.25, 0.3) is 0 Å².